The van der Waals surface area contributed by atoms with Crippen molar-refractivity contribution in [2.45, 2.75) is 40.0 Å². The Balaban J connectivity index is 2.79. The molecule has 0 saturated heterocycles. The van der Waals surface area contributed by atoms with Gasteiger partial charge in [-0.1, -0.05) is 25.8 Å². The third-order valence-electron chi connectivity index (χ3n) is 2.89. The molecule has 0 radical (unpaired) electrons. The first kappa shape index (κ1) is 13.9. The summed E-state index contributed by atoms with van der Waals surface area (Å²) in [6.07, 6.45) is 3.72. The molecule has 0 spiro atoms. The van der Waals surface area contributed by atoms with Crippen molar-refractivity contribution < 1.29 is 0 Å². The summed E-state index contributed by atoms with van der Waals surface area (Å²) in [5.41, 5.74) is 4.38. The van der Waals surface area contributed by atoms with Crippen LogP contribution in [0, 0.1) is 13.8 Å². The van der Waals surface area contributed by atoms with Crippen molar-refractivity contribution in [3.05, 3.63) is 23.3 Å². The Morgan fingerprint density at radius 1 is 1.29 bits per heavy atom. The van der Waals surface area contributed by atoms with Crippen molar-refractivity contribution in [2.75, 3.05) is 11.9 Å². The lowest BCUT2D eigenvalue weighted by molar-refractivity contribution is 0.743. The Morgan fingerprint density at radius 2 is 2.06 bits per heavy atom. The Kier molecular flexibility index (Phi) is 5.88. The number of nitrogens with zero attached hydrogens (tertiary/aromatic N) is 1. The van der Waals surface area contributed by atoms with Gasteiger partial charge in [0.25, 0.3) is 0 Å². The van der Waals surface area contributed by atoms with Gasteiger partial charge in [-0.05, 0) is 49.7 Å². The normalized spacial score (nSPS) is 9.82. The van der Waals surface area contributed by atoms with E-state index in [0.717, 1.165) is 29.0 Å². The van der Waals surface area contributed by atoms with Crippen molar-refractivity contribution in [3.63, 3.8) is 0 Å². The molecular formula is C14H20N2S. The molecule has 0 aliphatic carbocycles. The molecule has 0 saturated carbocycles. The Labute approximate surface area is 109 Å². The second kappa shape index (κ2) is 7.21. The highest BCUT2D eigenvalue weighted by Gasteiger charge is 2.05. The molecule has 0 aliphatic heterocycles. The van der Waals surface area contributed by atoms with Gasteiger partial charge in [-0.15, -0.1) is 0 Å². The number of benzene rings is 1. The summed E-state index contributed by atoms with van der Waals surface area (Å²) in [6.45, 7) is 7.34. The molecule has 92 valence electrons. The van der Waals surface area contributed by atoms with Crippen molar-refractivity contribution in [2.24, 2.45) is 4.99 Å². The van der Waals surface area contributed by atoms with E-state index in [1.165, 1.54) is 19.3 Å². The largest absolute Gasteiger partial charge is 0.385 e. The van der Waals surface area contributed by atoms with Crippen LogP contribution in [0.3, 0.4) is 0 Å². The summed E-state index contributed by atoms with van der Waals surface area (Å²) in [5.74, 6) is 0. The lowest BCUT2D eigenvalue weighted by atomic mass is 10.1. The number of aliphatic imine (C=N–C) groups is 1. The van der Waals surface area contributed by atoms with Gasteiger partial charge in [0.05, 0.1) is 10.8 Å². The molecule has 1 rings (SSSR count). The maximum atomic E-state index is 4.68. The molecule has 2 nitrogen and oxygen atoms in total. The number of rotatable bonds is 6. The number of aryl methyl sites for hydroxylation is 1. The van der Waals surface area contributed by atoms with Crippen LogP contribution in [0.1, 0.15) is 37.3 Å². The third-order valence-corrected chi connectivity index (χ3v) is 2.98. The average molecular weight is 248 g/mol. The fourth-order valence-electron chi connectivity index (χ4n) is 1.84. The predicted molar refractivity (Wildman–Crippen MR) is 78.6 cm³/mol. The van der Waals surface area contributed by atoms with Crippen LogP contribution in [0.5, 0.6) is 0 Å². The molecule has 1 aromatic rings. The van der Waals surface area contributed by atoms with Crippen molar-refractivity contribution in [3.8, 4) is 0 Å². The lowest BCUT2D eigenvalue weighted by Crippen LogP contribution is -2.03. The van der Waals surface area contributed by atoms with E-state index in [1.54, 1.807) is 0 Å². The minimum absolute atomic E-state index is 0.945. The fourth-order valence-corrected chi connectivity index (χ4v) is 1.93. The molecule has 0 atom stereocenters. The molecule has 0 aromatic heterocycles. The van der Waals surface area contributed by atoms with Crippen molar-refractivity contribution >= 4 is 28.8 Å². The zero-order valence-electron chi connectivity index (χ0n) is 10.8. The van der Waals surface area contributed by atoms with E-state index < -0.39 is 0 Å². The SMILES string of the molecule is CCCCCNc1ccc(C)c(N=C=S)c1C. The summed E-state index contributed by atoms with van der Waals surface area (Å²) in [4.78, 5) is 4.14. The molecule has 0 fully saturated rings. The van der Waals surface area contributed by atoms with E-state index in [4.69, 9.17) is 0 Å². The van der Waals surface area contributed by atoms with Crippen LogP contribution in [0.15, 0.2) is 17.1 Å². The van der Waals surface area contributed by atoms with Crippen LogP contribution in [0.2, 0.25) is 0 Å². The second-order valence-corrected chi connectivity index (χ2v) is 4.42. The Hall–Kier alpha value is -1.18. The number of isothiocyanates is 1. The highest BCUT2D eigenvalue weighted by atomic mass is 32.1. The number of unbranched alkanes of at least 4 members (excludes halogenated alkanes) is 2. The first-order valence-electron chi connectivity index (χ1n) is 6.12. The summed E-state index contributed by atoms with van der Waals surface area (Å²) < 4.78 is 0. The molecule has 0 heterocycles. The van der Waals surface area contributed by atoms with E-state index in [1.807, 2.05) is 6.92 Å². The number of hydrogen-bond donors (Lipinski definition) is 1. The number of thiocarbonyl (C=S) groups is 1. The lowest BCUT2D eigenvalue weighted by Gasteiger charge is -2.12. The average Bonchev–Trinajstić information content (AvgIpc) is 2.32. The summed E-state index contributed by atoms with van der Waals surface area (Å²) >= 11 is 4.68. The maximum Gasteiger partial charge on any atom is 0.0818 e. The van der Waals surface area contributed by atoms with Crippen LogP contribution >= 0.6 is 12.2 Å². The molecule has 0 unspecified atom stereocenters. The zero-order valence-corrected chi connectivity index (χ0v) is 11.7. The van der Waals surface area contributed by atoms with E-state index in [0.29, 0.717) is 0 Å². The van der Waals surface area contributed by atoms with Crippen molar-refractivity contribution in [1.82, 2.24) is 0 Å². The quantitative estimate of drug-likeness (QED) is 0.450. The van der Waals surface area contributed by atoms with Crippen LogP contribution in [0.25, 0.3) is 0 Å². The van der Waals surface area contributed by atoms with Gasteiger partial charge in [0.2, 0.25) is 0 Å². The third kappa shape index (κ3) is 3.95. The molecular weight excluding hydrogens is 228 g/mol. The number of anilines is 1. The van der Waals surface area contributed by atoms with Gasteiger partial charge >= 0.3 is 0 Å². The van der Waals surface area contributed by atoms with Gasteiger partial charge in [0.15, 0.2) is 0 Å². The summed E-state index contributed by atoms with van der Waals surface area (Å²) in [7, 11) is 0. The van der Waals surface area contributed by atoms with Crippen LogP contribution < -0.4 is 5.32 Å². The predicted octanol–water partition coefficient (Wildman–Crippen LogP) is 4.64. The smallest absolute Gasteiger partial charge is 0.0818 e. The van der Waals surface area contributed by atoms with Crippen LogP contribution in [-0.2, 0) is 0 Å². The highest BCUT2D eigenvalue weighted by molar-refractivity contribution is 7.78. The van der Waals surface area contributed by atoms with Gasteiger partial charge in [0.1, 0.15) is 0 Å². The summed E-state index contributed by atoms with van der Waals surface area (Å²) in [6, 6.07) is 4.18. The zero-order chi connectivity index (χ0) is 12.7. The first-order chi connectivity index (χ1) is 8.20. The van der Waals surface area contributed by atoms with Gasteiger partial charge in [-0.2, -0.15) is 4.99 Å². The van der Waals surface area contributed by atoms with E-state index in [2.05, 4.69) is 53.7 Å². The Morgan fingerprint density at radius 3 is 2.71 bits per heavy atom. The van der Waals surface area contributed by atoms with Gasteiger partial charge in [-0.25, -0.2) is 0 Å². The van der Waals surface area contributed by atoms with Gasteiger partial charge in [-0.3, -0.25) is 0 Å². The molecule has 3 heteroatoms. The molecule has 1 aromatic carbocycles. The minimum Gasteiger partial charge on any atom is -0.385 e. The maximum absolute atomic E-state index is 4.68. The second-order valence-electron chi connectivity index (χ2n) is 4.24. The van der Waals surface area contributed by atoms with Gasteiger partial charge in [0, 0.05) is 12.2 Å². The molecule has 0 bridgehead atoms. The van der Waals surface area contributed by atoms with Crippen molar-refractivity contribution in [1.29, 1.82) is 0 Å². The fraction of sp³-hybridized carbons (Fsp3) is 0.500. The van der Waals surface area contributed by atoms with E-state index >= 15 is 0 Å². The van der Waals surface area contributed by atoms with Gasteiger partial charge < -0.3 is 5.32 Å². The van der Waals surface area contributed by atoms with E-state index in [-0.39, 0.29) is 0 Å². The first-order valence-corrected chi connectivity index (χ1v) is 6.53. The topological polar surface area (TPSA) is 24.4 Å². The van der Waals surface area contributed by atoms with Crippen LogP contribution in [0.4, 0.5) is 11.4 Å². The molecule has 0 aliphatic rings. The van der Waals surface area contributed by atoms with E-state index in [9.17, 15) is 0 Å². The number of hydrogen-bond acceptors (Lipinski definition) is 3. The minimum atomic E-state index is 0.945. The monoisotopic (exact) mass is 248 g/mol. The number of nitrogens with one attached hydrogen (secondary N) is 1. The summed E-state index contributed by atoms with van der Waals surface area (Å²) in [5, 5.41) is 5.90. The standard InChI is InChI=1S/C14H20N2S/c1-4-5-6-9-15-13-8-7-11(2)14(12(13)3)16-10-17/h7-8,15H,4-6,9H2,1-3H3. The molecule has 1 N–H and O–H groups in total. The Bertz CT molecular complexity index is 420. The molecule has 0 amide bonds. The van der Waals surface area contributed by atoms with Crippen LogP contribution in [-0.4, -0.2) is 11.7 Å². The highest BCUT2D eigenvalue weighted by Crippen LogP contribution is 2.29. The molecule has 17 heavy (non-hydrogen) atoms.